The number of carbonyl (C=O) groups is 2. The summed E-state index contributed by atoms with van der Waals surface area (Å²) in [6.45, 7) is 2.60. The maximum atomic E-state index is 11.8. The third kappa shape index (κ3) is 6.89. The summed E-state index contributed by atoms with van der Waals surface area (Å²) in [4.78, 5) is 24.5. The monoisotopic (exact) mass is 359 g/mol. The largest absolute Gasteiger partial charge is 0.484 e. The van der Waals surface area contributed by atoms with Gasteiger partial charge in [-0.05, 0) is 43.3 Å². The highest BCUT2D eigenvalue weighted by molar-refractivity contribution is 7.99. The van der Waals surface area contributed by atoms with Crippen LogP contribution in [0, 0.1) is 0 Å². The molecule has 132 valence electrons. The van der Waals surface area contributed by atoms with Crippen LogP contribution in [-0.4, -0.2) is 37.4 Å². The summed E-state index contributed by atoms with van der Waals surface area (Å²) < 4.78 is 10.3. The molecule has 5 nitrogen and oxygen atoms in total. The number of ether oxygens (including phenoxy) is 2. The van der Waals surface area contributed by atoms with Crippen LogP contribution < -0.4 is 10.1 Å². The number of amides is 1. The number of carbonyl (C=O) groups excluding carboxylic acids is 2. The second-order valence-corrected chi connectivity index (χ2v) is 6.21. The first-order valence-electron chi connectivity index (χ1n) is 8.03. The van der Waals surface area contributed by atoms with Gasteiger partial charge in [-0.3, -0.25) is 4.79 Å². The zero-order valence-corrected chi connectivity index (χ0v) is 14.9. The summed E-state index contributed by atoms with van der Waals surface area (Å²) >= 11 is 1.69. The molecular formula is C19H21NO4S. The lowest BCUT2D eigenvalue weighted by Gasteiger charge is -2.08. The van der Waals surface area contributed by atoms with Gasteiger partial charge in [-0.15, -0.1) is 11.8 Å². The molecule has 0 heterocycles. The number of esters is 1. The summed E-state index contributed by atoms with van der Waals surface area (Å²) in [5, 5.41) is 2.81. The van der Waals surface area contributed by atoms with Crippen LogP contribution >= 0.6 is 11.8 Å². The lowest BCUT2D eigenvalue weighted by molar-refractivity contribution is -0.122. The van der Waals surface area contributed by atoms with Crippen molar-refractivity contribution in [2.75, 3.05) is 25.5 Å². The Hall–Kier alpha value is -2.47. The maximum absolute atomic E-state index is 11.8. The van der Waals surface area contributed by atoms with Gasteiger partial charge in [0, 0.05) is 17.2 Å². The number of rotatable bonds is 9. The molecule has 6 heteroatoms. The predicted molar refractivity (Wildman–Crippen MR) is 98.1 cm³/mol. The van der Waals surface area contributed by atoms with E-state index in [4.69, 9.17) is 9.47 Å². The van der Waals surface area contributed by atoms with E-state index < -0.39 is 0 Å². The van der Waals surface area contributed by atoms with Gasteiger partial charge in [0.05, 0.1) is 12.2 Å². The topological polar surface area (TPSA) is 64.6 Å². The van der Waals surface area contributed by atoms with E-state index in [0.717, 1.165) is 5.75 Å². The molecule has 0 bridgehead atoms. The van der Waals surface area contributed by atoms with Gasteiger partial charge >= 0.3 is 5.97 Å². The average molecular weight is 359 g/mol. The second-order valence-electron chi connectivity index (χ2n) is 5.04. The van der Waals surface area contributed by atoms with Crippen LogP contribution in [0.5, 0.6) is 5.75 Å². The first-order valence-corrected chi connectivity index (χ1v) is 9.02. The van der Waals surface area contributed by atoms with Gasteiger partial charge in [-0.2, -0.15) is 0 Å². The highest BCUT2D eigenvalue weighted by Crippen LogP contribution is 2.16. The minimum absolute atomic E-state index is 0.0608. The molecule has 0 aliphatic carbocycles. The molecule has 2 rings (SSSR count). The second kappa shape index (κ2) is 10.4. The lowest BCUT2D eigenvalue weighted by atomic mass is 10.2. The molecule has 0 aliphatic rings. The fraction of sp³-hybridized carbons (Fsp3) is 0.263. The van der Waals surface area contributed by atoms with E-state index in [0.29, 0.717) is 24.5 Å². The summed E-state index contributed by atoms with van der Waals surface area (Å²) in [7, 11) is 0. The number of nitrogens with one attached hydrogen (secondary N) is 1. The van der Waals surface area contributed by atoms with E-state index in [1.54, 1.807) is 43.0 Å². The Morgan fingerprint density at radius 1 is 1.04 bits per heavy atom. The van der Waals surface area contributed by atoms with Crippen molar-refractivity contribution in [3.63, 3.8) is 0 Å². The van der Waals surface area contributed by atoms with E-state index in [2.05, 4.69) is 5.32 Å². The third-order valence-electron chi connectivity index (χ3n) is 3.17. The van der Waals surface area contributed by atoms with Crippen LogP contribution in [0.2, 0.25) is 0 Å². The van der Waals surface area contributed by atoms with Crippen LogP contribution in [0.3, 0.4) is 0 Å². The Labute approximate surface area is 151 Å². The van der Waals surface area contributed by atoms with E-state index in [-0.39, 0.29) is 18.5 Å². The summed E-state index contributed by atoms with van der Waals surface area (Å²) in [5.74, 6) is 0.775. The van der Waals surface area contributed by atoms with Crippen molar-refractivity contribution < 1.29 is 19.1 Å². The molecule has 1 amide bonds. The van der Waals surface area contributed by atoms with Crippen molar-refractivity contribution in [3.05, 3.63) is 60.2 Å². The molecular weight excluding hydrogens is 338 g/mol. The van der Waals surface area contributed by atoms with Crippen molar-refractivity contribution in [2.45, 2.75) is 11.8 Å². The quantitative estimate of drug-likeness (QED) is 0.423. The van der Waals surface area contributed by atoms with E-state index in [1.165, 1.54) is 4.90 Å². The normalized spacial score (nSPS) is 10.1. The zero-order chi connectivity index (χ0) is 17.9. The highest BCUT2D eigenvalue weighted by atomic mass is 32.2. The van der Waals surface area contributed by atoms with Crippen molar-refractivity contribution in [3.8, 4) is 5.75 Å². The van der Waals surface area contributed by atoms with Gasteiger partial charge in [-0.1, -0.05) is 18.2 Å². The standard InChI is InChI=1S/C19H21NO4S/c1-2-23-19(22)15-8-10-16(11-9-15)24-14-18(21)20-12-13-25-17-6-4-3-5-7-17/h3-11H,2,12-14H2,1H3,(H,20,21). The SMILES string of the molecule is CCOC(=O)c1ccc(OCC(=O)NCCSc2ccccc2)cc1. The fourth-order valence-corrected chi connectivity index (χ4v) is 2.77. The summed E-state index contributed by atoms with van der Waals surface area (Å²) in [5.41, 5.74) is 0.455. The molecule has 0 aliphatic heterocycles. The fourth-order valence-electron chi connectivity index (χ4n) is 1.98. The van der Waals surface area contributed by atoms with Crippen LogP contribution in [-0.2, 0) is 9.53 Å². The Morgan fingerprint density at radius 3 is 2.44 bits per heavy atom. The Kier molecular flexibility index (Phi) is 7.85. The Balaban J connectivity index is 1.65. The molecule has 0 fully saturated rings. The first kappa shape index (κ1) is 18.9. The molecule has 0 radical (unpaired) electrons. The highest BCUT2D eigenvalue weighted by Gasteiger charge is 2.07. The summed E-state index contributed by atoms with van der Waals surface area (Å²) in [6.07, 6.45) is 0. The average Bonchev–Trinajstić information content (AvgIpc) is 2.65. The van der Waals surface area contributed by atoms with Crippen molar-refractivity contribution in [1.82, 2.24) is 5.32 Å². The van der Waals surface area contributed by atoms with E-state index >= 15 is 0 Å². The van der Waals surface area contributed by atoms with Gasteiger partial charge in [0.15, 0.2) is 6.61 Å². The molecule has 0 atom stereocenters. The van der Waals surface area contributed by atoms with E-state index in [9.17, 15) is 9.59 Å². The van der Waals surface area contributed by atoms with Gasteiger partial charge in [0.25, 0.3) is 5.91 Å². The van der Waals surface area contributed by atoms with Gasteiger partial charge in [0.2, 0.25) is 0 Å². The first-order chi connectivity index (χ1) is 12.2. The molecule has 0 saturated heterocycles. The number of benzene rings is 2. The van der Waals surface area contributed by atoms with Crippen molar-refractivity contribution in [1.29, 1.82) is 0 Å². The Morgan fingerprint density at radius 2 is 1.76 bits per heavy atom. The molecule has 0 spiro atoms. The van der Waals surface area contributed by atoms with Gasteiger partial charge in [0.1, 0.15) is 5.75 Å². The minimum Gasteiger partial charge on any atom is -0.484 e. The number of hydrogen-bond acceptors (Lipinski definition) is 5. The molecule has 0 saturated carbocycles. The molecule has 1 N–H and O–H groups in total. The van der Waals surface area contributed by atoms with Crippen LogP contribution in [0.4, 0.5) is 0 Å². The molecule has 0 aromatic heterocycles. The maximum Gasteiger partial charge on any atom is 0.338 e. The van der Waals surface area contributed by atoms with Crippen LogP contribution in [0.15, 0.2) is 59.5 Å². The van der Waals surface area contributed by atoms with E-state index in [1.807, 2.05) is 30.3 Å². The smallest absolute Gasteiger partial charge is 0.338 e. The molecule has 2 aromatic carbocycles. The van der Waals surface area contributed by atoms with Crippen molar-refractivity contribution in [2.24, 2.45) is 0 Å². The van der Waals surface area contributed by atoms with Crippen molar-refractivity contribution >= 4 is 23.6 Å². The van der Waals surface area contributed by atoms with Crippen LogP contribution in [0.1, 0.15) is 17.3 Å². The van der Waals surface area contributed by atoms with Gasteiger partial charge < -0.3 is 14.8 Å². The Bertz CT molecular complexity index is 674. The lowest BCUT2D eigenvalue weighted by Crippen LogP contribution is -2.30. The summed E-state index contributed by atoms with van der Waals surface area (Å²) in [6, 6.07) is 16.5. The predicted octanol–water partition coefficient (Wildman–Crippen LogP) is 3.15. The minimum atomic E-state index is -0.372. The molecule has 0 unspecified atom stereocenters. The van der Waals surface area contributed by atoms with Gasteiger partial charge in [-0.25, -0.2) is 4.79 Å². The zero-order valence-electron chi connectivity index (χ0n) is 14.1. The molecule has 2 aromatic rings. The number of hydrogen-bond donors (Lipinski definition) is 1. The van der Waals surface area contributed by atoms with Crippen LogP contribution in [0.25, 0.3) is 0 Å². The third-order valence-corrected chi connectivity index (χ3v) is 4.19. The number of thioether (sulfide) groups is 1. The molecule has 25 heavy (non-hydrogen) atoms.